The normalized spacial score (nSPS) is 10.5. The van der Waals surface area contributed by atoms with Crippen LogP contribution in [0, 0.1) is 13.8 Å². The van der Waals surface area contributed by atoms with Gasteiger partial charge in [0.25, 0.3) is 0 Å². The highest BCUT2D eigenvalue weighted by Gasteiger charge is 2.08. The lowest BCUT2D eigenvalue weighted by atomic mass is 10.1. The number of hydrogen-bond donors (Lipinski definition) is 3. The number of hydrogen-bond acceptors (Lipinski definition) is 6. The zero-order valence-electron chi connectivity index (χ0n) is 12.2. The summed E-state index contributed by atoms with van der Waals surface area (Å²) >= 11 is 3.49. The van der Waals surface area contributed by atoms with Gasteiger partial charge in [-0.3, -0.25) is 0 Å². The second-order valence-electron chi connectivity index (χ2n) is 4.67. The first-order chi connectivity index (χ1) is 10.0. The number of nitrogen functional groups attached to an aromatic ring is 1. The van der Waals surface area contributed by atoms with Crippen molar-refractivity contribution in [3.05, 3.63) is 39.6 Å². The smallest absolute Gasteiger partial charge is 0.158 e. The molecule has 0 aliphatic heterocycles. The predicted molar refractivity (Wildman–Crippen MR) is 87.5 cm³/mol. The number of nitrogens with one attached hydrogen (secondary N) is 2. The molecule has 2 rings (SSSR count). The van der Waals surface area contributed by atoms with Crippen molar-refractivity contribution >= 4 is 33.3 Å². The minimum atomic E-state index is 0.322. The summed E-state index contributed by atoms with van der Waals surface area (Å²) in [6, 6.07) is 5.85. The summed E-state index contributed by atoms with van der Waals surface area (Å²) in [6.07, 6.45) is 0. The second-order valence-corrected chi connectivity index (χ2v) is 5.59. The van der Waals surface area contributed by atoms with Crippen LogP contribution in [0.4, 0.5) is 17.3 Å². The number of nitrogens with zero attached hydrogens (tertiary/aromatic N) is 2. The molecule has 7 heteroatoms. The summed E-state index contributed by atoms with van der Waals surface area (Å²) < 4.78 is 6.12. The predicted octanol–water partition coefficient (Wildman–Crippen LogP) is 3.03. The fraction of sp³-hybridized carbons (Fsp3) is 0.286. The van der Waals surface area contributed by atoms with Gasteiger partial charge in [0.05, 0.1) is 0 Å². The maximum Gasteiger partial charge on any atom is 0.158 e. The molecule has 0 fully saturated rings. The number of hydrazine groups is 1. The molecule has 0 amide bonds. The maximum atomic E-state index is 5.44. The van der Waals surface area contributed by atoms with Crippen molar-refractivity contribution in [3.8, 4) is 0 Å². The van der Waals surface area contributed by atoms with Gasteiger partial charge in [0.15, 0.2) is 5.82 Å². The lowest BCUT2D eigenvalue weighted by Crippen LogP contribution is -2.12. The fourth-order valence-corrected chi connectivity index (χ4v) is 2.75. The van der Waals surface area contributed by atoms with E-state index in [1.807, 2.05) is 13.8 Å². The Morgan fingerprint density at radius 3 is 2.33 bits per heavy atom. The molecule has 6 nitrogen and oxygen atoms in total. The van der Waals surface area contributed by atoms with Crippen molar-refractivity contribution in [1.82, 2.24) is 9.97 Å². The first-order valence-corrected chi connectivity index (χ1v) is 7.20. The van der Waals surface area contributed by atoms with Crippen LogP contribution in [0.25, 0.3) is 0 Å². The lowest BCUT2D eigenvalue weighted by Gasteiger charge is -2.14. The second kappa shape index (κ2) is 6.84. The fourth-order valence-electron chi connectivity index (χ4n) is 2.06. The van der Waals surface area contributed by atoms with Gasteiger partial charge in [0.2, 0.25) is 0 Å². The molecule has 2 aromatic rings. The first kappa shape index (κ1) is 15.7. The third kappa shape index (κ3) is 3.90. The average molecular weight is 352 g/mol. The summed E-state index contributed by atoms with van der Waals surface area (Å²) in [6.45, 7) is 4.40. The molecule has 0 spiro atoms. The van der Waals surface area contributed by atoms with Gasteiger partial charge in [-0.1, -0.05) is 15.9 Å². The van der Waals surface area contributed by atoms with Crippen LogP contribution in [0.15, 0.2) is 22.7 Å². The molecule has 0 unspecified atom stereocenters. The number of aryl methyl sites for hydroxylation is 2. The highest BCUT2D eigenvalue weighted by Crippen LogP contribution is 2.28. The molecule has 0 bridgehead atoms. The molecule has 0 saturated heterocycles. The monoisotopic (exact) mass is 351 g/mol. The van der Waals surface area contributed by atoms with E-state index in [0.29, 0.717) is 24.1 Å². The average Bonchev–Trinajstić information content (AvgIpc) is 2.43. The molecule has 4 N–H and O–H groups in total. The quantitative estimate of drug-likeness (QED) is 0.567. The van der Waals surface area contributed by atoms with E-state index in [-0.39, 0.29) is 0 Å². The number of anilines is 3. The van der Waals surface area contributed by atoms with Gasteiger partial charge >= 0.3 is 0 Å². The number of ether oxygens (including phenoxy) is 1. The Morgan fingerprint density at radius 2 is 1.76 bits per heavy atom. The topological polar surface area (TPSA) is 85.1 Å². The van der Waals surface area contributed by atoms with Gasteiger partial charge in [0, 0.05) is 23.3 Å². The number of rotatable bonds is 5. The van der Waals surface area contributed by atoms with E-state index in [9.17, 15) is 0 Å². The van der Waals surface area contributed by atoms with Crippen molar-refractivity contribution in [2.24, 2.45) is 5.84 Å². The number of methoxy groups -OCH3 is 1. The van der Waals surface area contributed by atoms with E-state index in [0.717, 1.165) is 21.3 Å². The van der Waals surface area contributed by atoms with Gasteiger partial charge in [0.1, 0.15) is 18.2 Å². The third-order valence-electron chi connectivity index (χ3n) is 2.94. The summed E-state index contributed by atoms with van der Waals surface area (Å²) in [4.78, 5) is 8.64. The van der Waals surface area contributed by atoms with Crippen LogP contribution in [-0.4, -0.2) is 17.1 Å². The Labute approximate surface area is 132 Å². The number of benzene rings is 1. The molecule has 0 radical (unpaired) electrons. The molecule has 0 aliphatic carbocycles. The Morgan fingerprint density at radius 1 is 1.14 bits per heavy atom. The molecule has 0 aliphatic rings. The zero-order valence-corrected chi connectivity index (χ0v) is 13.8. The van der Waals surface area contributed by atoms with Crippen molar-refractivity contribution < 1.29 is 4.74 Å². The standard InChI is InChI=1S/C14H18BrN5O/c1-8-4-10(15)5-9(2)14(8)19-11-6-12(20-16)18-13(17-11)7-21-3/h4-6H,7,16H2,1-3H3,(H2,17,18,19,20). The minimum absolute atomic E-state index is 0.322. The van der Waals surface area contributed by atoms with Crippen molar-refractivity contribution in [3.63, 3.8) is 0 Å². The Bertz CT molecular complexity index is 624. The molecule has 0 saturated carbocycles. The van der Waals surface area contributed by atoms with Crippen molar-refractivity contribution in [2.75, 3.05) is 17.9 Å². The molecular formula is C14H18BrN5O. The number of aromatic nitrogens is 2. The first-order valence-electron chi connectivity index (χ1n) is 6.40. The van der Waals surface area contributed by atoms with Crippen molar-refractivity contribution in [1.29, 1.82) is 0 Å². The Kier molecular flexibility index (Phi) is 5.11. The maximum absolute atomic E-state index is 5.44. The van der Waals surface area contributed by atoms with E-state index in [1.54, 1.807) is 13.2 Å². The van der Waals surface area contributed by atoms with Crippen molar-refractivity contribution in [2.45, 2.75) is 20.5 Å². The van der Waals surface area contributed by atoms with E-state index in [1.165, 1.54) is 0 Å². The summed E-state index contributed by atoms with van der Waals surface area (Å²) in [5.41, 5.74) is 5.80. The molecule has 1 heterocycles. The summed E-state index contributed by atoms with van der Waals surface area (Å²) in [5.74, 6) is 7.20. The van der Waals surface area contributed by atoms with Gasteiger partial charge in [-0.25, -0.2) is 15.8 Å². The van der Waals surface area contributed by atoms with Crippen LogP contribution in [0.5, 0.6) is 0 Å². The highest BCUT2D eigenvalue weighted by molar-refractivity contribution is 9.10. The van der Waals surface area contributed by atoms with Crippen LogP contribution >= 0.6 is 15.9 Å². The van der Waals surface area contributed by atoms with E-state index in [4.69, 9.17) is 10.6 Å². The summed E-state index contributed by atoms with van der Waals surface area (Å²) in [7, 11) is 1.60. The Balaban J connectivity index is 2.37. The zero-order chi connectivity index (χ0) is 15.4. The minimum Gasteiger partial charge on any atom is -0.377 e. The Hall–Kier alpha value is -1.70. The van der Waals surface area contributed by atoms with Crippen LogP contribution in [0.3, 0.4) is 0 Å². The number of halogens is 1. The largest absolute Gasteiger partial charge is 0.377 e. The molecule has 1 aromatic heterocycles. The third-order valence-corrected chi connectivity index (χ3v) is 3.40. The van der Waals surface area contributed by atoms with E-state index in [2.05, 4.69) is 48.8 Å². The molecular weight excluding hydrogens is 334 g/mol. The highest BCUT2D eigenvalue weighted by atomic mass is 79.9. The van der Waals surface area contributed by atoms with Gasteiger partial charge in [-0.05, 0) is 37.1 Å². The molecule has 1 aromatic carbocycles. The lowest BCUT2D eigenvalue weighted by molar-refractivity contribution is 0.178. The SMILES string of the molecule is COCc1nc(NN)cc(Nc2c(C)cc(Br)cc2C)n1. The molecule has 21 heavy (non-hydrogen) atoms. The molecule has 0 atom stereocenters. The molecule has 112 valence electrons. The van der Waals surface area contributed by atoms with Crippen LogP contribution in [-0.2, 0) is 11.3 Å². The van der Waals surface area contributed by atoms with Crippen LogP contribution in [0.1, 0.15) is 17.0 Å². The van der Waals surface area contributed by atoms with Crippen LogP contribution in [0.2, 0.25) is 0 Å². The van der Waals surface area contributed by atoms with Crippen LogP contribution < -0.4 is 16.6 Å². The van der Waals surface area contributed by atoms with Gasteiger partial charge in [-0.2, -0.15) is 0 Å². The van der Waals surface area contributed by atoms with Gasteiger partial charge in [-0.15, -0.1) is 0 Å². The summed E-state index contributed by atoms with van der Waals surface area (Å²) in [5, 5.41) is 3.32. The van der Waals surface area contributed by atoms with E-state index >= 15 is 0 Å². The van der Waals surface area contributed by atoms with Gasteiger partial charge < -0.3 is 15.5 Å². The number of nitrogens with two attached hydrogens (primary N) is 1. The van der Waals surface area contributed by atoms with E-state index < -0.39 is 0 Å².